The molecule has 1 aliphatic rings. The Kier molecular flexibility index (Phi) is 8.08. The first-order valence-electron chi connectivity index (χ1n) is 11.2. The van der Waals surface area contributed by atoms with Crippen LogP contribution in [0.4, 0.5) is 0 Å². The monoisotopic (exact) mass is 398 g/mol. The van der Waals surface area contributed by atoms with Crippen LogP contribution in [-0.2, 0) is 4.79 Å². The lowest BCUT2D eigenvalue weighted by atomic mass is 9.96. The Balaban J connectivity index is 1.32. The summed E-state index contributed by atoms with van der Waals surface area (Å²) >= 11 is 0. The number of carbonyl (C=O) groups excluding carboxylic acids is 2. The number of pyridine rings is 1. The molecule has 6 heteroatoms. The predicted octanol–water partition coefficient (Wildman–Crippen LogP) is 4.16. The average Bonchev–Trinajstić information content (AvgIpc) is 3.02. The molecule has 2 aromatic heterocycles. The minimum Gasteiger partial charge on any atom is -0.353 e. The van der Waals surface area contributed by atoms with Gasteiger partial charge in [-0.2, -0.15) is 0 Å². The summed E-state index contributed by atoms with van der Waals surface area (Å²) in [5.74, 6) is 0.0872. The van der Waals surface area contributed by atoms with Gasteiger partial charge >= 0.3 is 0 Å². The maximum absolute atomic E-state index is 12.5. The molecule has 2 amide bonds. The number of aromatic nitrogens is 2. The molecular weight excluding hydrogens is 364 g/mol. The summed E-state index contributed by atoms with van der Waals surface area (Å²) in [6, 6.07) is 6.07. The van der Waals surface area contributed by atoms with Crippen molar-refractivity contribution in [3.63, 3.8) is 0 Å². The molecule has 0 saturated heterocycles. The second-order valence-electron chi connectivity index (χ2n) is 8.15. The van der Waals surface area contributed by atoms with Gasteiger partial charge in [0.05, 0.1) is 5.69 Å². The summed E-state index contributed by atoms with van der Waals surface area (Å²) < 4.78 is 1.82. The molecule has 2 heterocycles. The molecule has 3 rings (SSSR count). The molecule has 1 fully saturated rings. The zero-order valence-electron chi connectivity index (χ0n) is 17.6. The third kappa shape index (κ3) is 6.31. The Bertz CT molecular complexity index is 806. The van der Waals surface area contributed by atoms with Crippen molar-refractivity contribution in [3.05, 3.63) is 35.8 Å². The van der Waals surface area contributed by atoms with Gasteiger partial charge in [0.2, 0.25) is 5.91 Å². The molecule has 2 aromatic rings. The van der Waals surface area contributed by atoms with Crippen LogP contribution in [0.2, 0.25) is 0 Å². The van der Waals surface area contributed by atoms with Crippen LogP contribution < -0.4 is 10.6 Å². The summed E-state index contributed by atoms with van der Waals surface area (Å²) in [5, 5.41) is 6.20. The van der Waals surface area contributed by atoms with Gasteiger partial charge in [0.15, 0.2) is 0 Å². The number of nitrogens with one attached hydrogen (secondary N) is 2. The zero-order chi connectivity index (χ0) is 20.5. The summed E-state index contributed by atoms with van der Waals surface area (Å²) in [6.07, 6.45) is 13.8. The molecule has 0 radical (unpaired) electrons. The van der Waals surface area contributed by atoms with Crippen LogP contribution in [0, 0.1) is 6.92 Å². The minimum absolute atomic E-state index is 0.0942. The van der Waals surface area contributed by atoms with Crippen molar-refractivity contribution in [2.24, 2.45) is 0 Å². The molecular formula is C23H34N4O2. The number of nitrogens with zero attached hydrogens (tertiary/aromatic N) is 2. The fourth-order valence-electron chi connectivity index (χ4n) is 4.16. The molecule has 1 aliphatic carbocycles. The SMILES string of the molecule is Cc1nc2ccccn2c1C(=O)NCCCCCC(=O)NC1CCCCCCC1. The number of rotatable bonds is 8. The highest BCUT2D eigenvalue weighted by Gasteiger charge is 2.16. The van der Waals surface area contributed by atoms with Gasteiger partial charge in [-0.05, 0) is 44.7 Å². The van der Waals surface area contributed by atoms with Gasteiger partial charge in [-0.25, -0.2) is 4.98 Å². The Hall–Kier alpha value is -2.37. The Morgan fingerprint density at radius 2 is 1.83 bits per heavy atom. The molecule has 0 atom stereocenters. The standard InChI is InChI=1S/C23H34N4O2/c1-18-22(27-17-11-9-14-20(27)25-18)23(29)24-16-10-5-8-15-21(28)26-19-12-6-3-2-4-7-13-19/h9,11,14,17,19H,2-8,10,12-13,15-16H2,1H3,(H,24,29)(H,26,28). The van der Waals surface area contributed by atoms with Crippen molar-refractivity contribution in [3.8, 4) is 0 Å². The van der Waals surface area contributed by atoms with E-state index in [0.717, 1.165) is 43.4 Å². The van der Waals surface area contributed by atoms with Gasteiger partial charge < -0.3 is 10.6 Å². The molecule has 0 aliphatic heterocycles. The first kappa shape index (κ1) is 21.3. The normalized spacial score (nSPS) is 15.6. The molecule has 0 bridgehead atoms. The maximum atomic E-state index is 12.5. The lowest BCUT2D eigenvalue weighted by Crippen LogP contribution is -2.35. The smallest absolute Gasteiger partial charge is 0.270 e. The first-order chi connectivity index (χ1) is 14.1. The van der Waals surface area contributed by atoms with Gasteiger partial charge in [0, 0.05) is 25.2 Å². The van der Waals surface area contributed by atoms with E-state index in [4.69, 9.17) is 0 Å². The van der Waals surface area contributed by atoms with Crippen molar-refractivity contribution in [1.29, 1.82) is 0 Å². The fourth-order valence-corrected chi connectivity index (χ4v) is 4.16. The number of imidazole rings is 1. The van der Waals surface area contributed by atoms with E-state index in [0.29, 0.717) is 24.7 Å². The molecule has 2 N–H and O–H groups in total. The number of carbonyl (C=O) groups is 2. The molecule has 0 aromatic carbocycles. The van der Waals surface area contributed by atoms with Crippen molar-refractivity contribution in [1.82, 2.24) is 20.0 Å². The second-order valence-corrected chi connectivity index (χ2v) is 8.15. The van der Waals surface area contributed by atoms with Crippen LogP contribution in [0.3, 0.4) is 0 Å². The zero-order valence-corrected chi connectivity index (χ0v) is 17.6. The van der Waals surface area contributed by atoms with Crippen LogP contribution in [0.5, 0.6) is 0 Å². The van der Waals surface area contributed by atoms with Crippen molar-refractivity contribution in [2.75, 3.05) is 6.54 Å². The van der Waals surface area contributed by atoms with Crippen LogP contribution in [0.25, 0.3) is 5.65 Å². The van der Waals surface area contributed by atoms with Gasteiger partial charge in [-0.1, -0.05) is 44.6 Å². The van der Waals surface area contributed by atoms with Crippen LogP contribution in [0.1, 0.15) is 86.8 Å². The number of amides is 2. The Morgan fingerprint density at radius 3 is 2.62 bits per heavy atom. The summed E-state index contributed by atoms with van der Waals surface area (Å²) in [6.45, 7) is 2.47. The summed E-state index contributed by atoms with van der Waals surface area (Å²) in [5.41, 5.74) is 2.12. The molecule has 0 spiro atoms. The van der Waals surface area contributed by atoms with Gasteiger partial charge in [0.1, 0.15) is 11.3 Å². The van der Waals surface area contributed by atoms with Crippen molar-refractivity contribution < 1.29 is 9.59 Å². The second kappa shape index (κ2) is 11.0. The molecule has 0 unspecified atom stereocenters. The maximum Gasteiger partial charge on any atom is 0.270 e. The molecule has 1 saturated carbocycles. The van der Waals surface area contributed by atoms with Crippen molar-refractivity contribution >= 4 is 17.5 Å². The molecule has 158 valence electrons. The lowest BCUT2D eigenvalue weighted by molar-refractivity contribution is -0.122. The van der Waals surface area contributed by atoms with Crippen LogP contribution in [-0.4, -0.2) is 33.8 Å². The van der Waals surface area contributed by atoms with Crippen LogP contribution >= 0.6 is 0 Å². The first-order valence-corrected chi connectivity index (χ1v) is 11.2. The van der Waals surface area contributed by atoms with Crippen molar-refractivity contribution in [2.45, 2.75) is 83.6 Å². The number of aryl methyl sites for hydroxylation is 1. The number of hydrogen-bond acceptors (Lipinski definition) is 3. The Labute approximate surface area is 173 Å². The predicted molar refractivity (Wildman–Crippen MR) is 115 cm³/mol. The number of hydrogen-bond donors (Lipinski definition) is 2. The van der Waals surface area contributed by atoms with Crippen LogP contribution in [0.15, 0.2) is 24.4 Å². The third-order valence-electron chi connectivity index (χ3n) is 5.76. The lowest BCUT2D eigenvalue weighted by Gasteiger charge is -2.21. The highest BCUT2D eigenvalue weighted by molar-refractivity contribution is 5.94. The Morgan fingerprint density at radius 1 is 1.07 bits per heavy atom. The highest BCUT2D eigenvalue weighted by Crippen LogP contribution is 2.17. The van der Waals surface area contributed by atoms with Gasteiger partial charge in [0.25, 0.3) is 5.91 Å². The highest BCUT2D eigenvalue weighted by atomic mass is 16.2. The van der Waals surface area contributed by atoms with Gasteiger partial charge in [-0.15, -0.1) is 0 Å². The fraction of sp³-hybridized carbons (Fsp3) is 0.609. The number of fused-ring (bicyclic) bond motifs is 1. The average molecular weight is 399 g/mol. The summed E-state index contributed by atoms with van der Waals surface area (Å²) in [7, 11) is 0. The number of unbranched alkanes of at least 4 members (excludes halogenated alkanes) is 2. The van der Waals surface area contributed by atoms with E-state index in [2.05, 4.69) is 15.6 Å². The van der Waals surface area contributed by atoms with E-state index in [9.17, 15) is 9.59 Å². The van der Waals surface area contributed by atoms with E-state index >= 15 is 0 Å². The quantitative estimate of drug-likeness (QED) is 0.656. The van der Waals surface area contributed by atoms with E-state index in [1.54, 1.807) is 0 Å². The van der Waals surface area contributed by atoms with Gasteiger partial charge in [-0.3, -0.25) is 14.0 Å². The van der Waals surface area contributed by atoms with E-state index in [-0.39, 0.29) is 11.8 Å². The summed E-state index contributed by atoms with van der Waals surface area (Å²) in [4.78, 5) is 29.1. The van der Waals surface area contributed by atoms with E-state index in [1.807, 2.05) is 35.7 Å². The van der Waals surface area contributed by atoms with E-state index in [1.165, 1.54) is 32.1 Å². The third-order valence-corrected chi connectivity index (χ3v) is 5.76. The topological polar surface area (TPSA) is 75.5 Å². The molecule has 6 nitrogen and oxygen atoms in total. The minimum atomic E-state index is -0.0942. The van der Waals surface area contributed by atoms with E-state index < -0.39 is 0 Å². The molecule has 29 heavy (non-hydrogen) atoms. The largest absolute Gasteiger partial charge is 0.353 e.